The van der Waals surface area contributed by atoms with Gasteiger partial charge in [-0.1, -0.05) is 0 Å². The molecule has 1 aromatic rings. The topological polar surface area (TPSA) is 81.2 Å². The van der Waals surface area contributed by atoms with E-state index in [1.165, 1.54) is 19.2 Å². The Labute approximate surface area is 112 Å². The first-order valence-electron chi connectivity index (χ1n) is 5.12. The summed E-state index contributed by atoms with van der Waals surface area (Å²) < 4.78 is 4.97. The highest BCUT2D eigenvalue weighted by Crippen LogP contribution is 2.31. The van der Waals surface area contributed by atoms with Gasteiger partial charge in [-0.2, -0.15) is 0 Å². The minimum absolute atomic E-state index is 0. The zero-order valence-electron chi connectivity index (χ0n) is 9.51. The largest absolute Gasteiger partial charge is 0.438 e. The Morgan fingerprint density at radius 1 is 1.65 bits per heavy atom. The van der Waals surface area contributed by atoms with Crippen LogP contribution in [0.5, 0.6) is 0 Å². The van der Waals surface area contributed by atoms with Crippen molar-refractivity contribution in [3.63, 3.8) is 0 Å². The molecule has 0 aliphatic heterocycles. The Bertz CT molecular complexity index is 366. The Kier molecular flexibility index (Phi) is 6.52. The summed E-state index contributed by atoms with van der Waals surface area (Å²) in [6.07, 6.45) is 3.63. The standard InChI is InChI=1S/C10H15N3O2.2ClH/c1-6-9(15-5-13-6)10(14)12-4-8(11)7-2-3-7;;/h5,7-8H,2-4,11H2,1H3,(H,12,14);2*1H. The number of amides is 1. The molecule has 1 aromatic heterocycles. The SMILES string of the molecule is Cc1ncoc1C(=O)NCC(N)C1CC1.Cl.Cl. The smallest absolute Gasteiger partial charge is 0.289 e. The average Bonchev–Trinajstić information content (AvgIpc) is 2.98. The molecule has 5 nitrogen and oxygen atoms in total. The van der Waals surface area contributed by atoms with Crippen molar-refractivity contribution in [2.75, 3.05) is 6.54 Å². The van der Waals surface area contributed by atoms with Gasteiger partial charge in [0.05, 0.1) is 5.69 Å². The van der Waals surface area contributed by atoms with Crippen LogP contribution in [-0.4, -0.2) is 23.5 Å². The number of rotatable bonds is 4. The average molecular weight is 282 g/mol. The highest BCUT2D eigenvalue weighted by atomic mass is 35.5. The van der Waals surface area contributed by atoms with E-state index in [0.29, 0.717) is 18.2 Å². The maximum atomic E-state index is 11.6. The van der Waals surface area contributed by atoms with Crippen LogP contribution in [0.4, 0.5) is 0 Å². The van der Waals surface area contributed by atoms with Gasteiger partial charge >= 0.3 is 0 Å². The number of halogens is 2. The Morgan fingerprint density at radius 2 is 2.29 bits per heavy atom. The first-order chi connectivity index (χ1) is 7.18. The van der Waals surface area contributed by atoms with E-state index in [1.807, 2.05) is 0 Å². The molecule has 1 heterocycles. The lowest BCUT2D eigenvalue weighted by molar-refractivity contribution is 0.0921. The van der Waals surface area contributed by atoms with Crippen LogP contribution in [0.2, 0.25) is 0 Å². The van der Waals surface area contributed by atoms with Crippen molar-refractivity contribution in [1.82, 2.24) is 10.3 Å². The number of hydrogen-bond donors (Lipinski definition) is 2. The van der Waals surface area contributed by atoms with Crippen molar-refractivity contribution in [1.29, 1.82) is 0 Å². The highest BCUT2D eigenvalue weighted by Gasteiger charge is 2.28. The van der Waals surface area contributed by atoms with Gasteiger partial charge in [0.25, 0.3) is 5.91 Å². The molecule has 0 radical (unpaired) electrons. The molecule has 98 valence electrons. The highest BCUT2D eigenvalue weighted by molar-refractivity contribution is 5.92. The van der Waals surface area contributed by atoms with Gasteiger partial charge in [-0.25, -0.2) is 4.98 Å². The molecular weight excluding hydrogens is 265 g/mol. The predicted octanol–water partition coefficient (Wildman–Crippen LogP) is 1.29. The number of nitrogens with two attached hydrogens (primary N) is 1. The van der Waals surface area contributed by atoms with Gasteiger partial charge in [-0.3, -0.25) is 4.79 Å². The minimum Gasteiger partial charge on any atom is -0.438 e. The molecule has 1 fully saturated rings. The number of hydrogen-bond acceptors (Lipinski definition) is 4. The van der Waals surface area contributed by atoms with Gasteiger partial charge in [0.15, 0.2) is 6.39 Å². The van der Waals surface area contributed by atoms with Gasteiger partial charge in [-0.05, 0) is 25.7 Å². The maximum Gasteiger partial charge on any atom is 0.289 e. The molecule has 17 heavy (non-hydrogen) atoms. The van der Waals surface area contributed by atoms with E-state index in [9.17, 15) is 4.79 Å². The molecular formula is C10H17Cl2N3O2. The van der Waals surface area contributed by atoms with Crippen molar-refractivity contribution in [3.8, 4) is 0 Å². The summed E-state index contributed by atoms with van der Waals surface area (Å²) in [4.78, 5) is 15.4. The van der Waals surface area contributed by atoms with Crippen LogP contribution in [-0.2, 0) is 0 Å². The number of aromatic nitrogens is 1. The number of nitrogens with one attached hydrogen (secondary N) is 1. The molecule has 1 amide bonds. The fourth-order valence-electron chi connectivity index (χ4n) is 1.50. The molecule has 1 unspecified atom stereocenters. The molecule has 0 spiro atoms. The summed E-state index contributed by atoms with van der Waals surface area (Å²) in [5.74, 6) is 0.625. The molecule has 0 bridgehead atoms. The molecule has 1 saturated carbocycles. The Morgan fingerprint density at radius 3 is 2.76 bits per heavy atom. The van der Waals surface area contributed by atoms with Gasteiger partial charge in [0.2, 0.25) is 5.76 Å². The monoisotopic (exact) mass is 281 g/mol. The lowest BCUT2D eigenvalue weighted by atomic mass is 10.2. The van der Waals surface area contributed by atoms with Gasteiger partial charge < -0.3 is 15.5 Å². The zero-order valence-corrected chi connectivity index (χ0v) is 11.1. The molecule has 1 aliphatic rings. The van der Waals surface area contributed by atoms with Crippen molar-refractivity contribution in [3.05, 3.63) is 17.8 Å². The van der Waals surface area contributed by atoms with Crippen LogP contribution in [0.1, 0.15) is 29.1 Å². The number of carbonyl (C=O) groups is 1. The number of nitrogens with zero attached hydrogens (tertiary/aromatic N) is 1. The molecule has 7 heteroatoms. The van der Waals surface area contributed by atoms with E-state index in [1.54, 1.807) is 6.92 Å². The van der Waals surface area contributed by atoms with Crippen LogP contribution in [0, 0.1) is 12.8 Å². The second-order valence-electron chi connectivity index (χ2n) is 3.98. The van der Waals surface area contributed by atoms with Crippen LogP contribution in [0.25, 0.3) is 0 Å². The zero-order chi connectivity index (χ0) is 10.8. The molecule has 1 aliphatic carbocycles. The summed E-state index contributed by atoms with van der Waals surface area (Å²) in [5.41, 5.74) is 6.46. The third kappa shape index (κ3) is 4.18. The summed E-state index contributed by atoms with van der Waals surface area (Å²) in [7, 11) is 0. The Hall–Kier alpha value is -0.780. The van der Waals surface area contributed by atoms with Crippen molar-refractivity contribution in [2.24, 2.45) is 11.7 Å². The van der Waals surface area contributed by atoms with Crippen LogP contribution in [0.3, 0.4) is 0 Å². The van der Waals surface area contributed by atoms with E-state index in [-0.39, 0.29) is 42.5 Å². The minimum atomic E-state index is -0.235. The third-order valence-electron chi connectivity index (χ3n) is 2.68. The first-order valence-corrected chi connectivity index (χ1v) is 5.12. The lowest BCUT2D eigenvalue weighted by Crippen LogP contribution is -2.38. The predicted molar refractivity (Wildman–Crippen MR) is 68.8 cm³/mol. The molecule has 0 aromatic carbocycles. The quantitative estimate of drug-likeness (QED) is 0.872. The van der Waals surface area contributed by atoms with Crippen molar-refractivity contribution in [2.45, 2.75) is 25.8 Å². The molecule has 2 rings (SSSR count). The second-order valence-corrected chi connectivity index (χ2v) is 3.98. The van der Waals surface area contributed by atoms with Gasteiger partial charge in [0, 0.05) is 12.6 Å². The fourth-order valence-corrected chi connectivity index (χ4v) is 1.50. The van der Waals surface area contributed by atoms with Crippen LogP contribution >= 0.6 is 24.8 Å². The number of oxazole rings is 1. The molecule has 0 saturated heterocycles. The summed E-state index contributed by atoms with van der Waals surface area (Å²) in [5, 5.41) is 2.75. The normalized spacial score (nSPS) is 15.4. The van der Waals surface area contributed by atoms with E-state index >= 15 is 0 Å². The van der Waals surface area contributed by atoms with Gasteiger partial charge in [0.1, 0.15) is 0 Å². The molecule has 1 atom stereocenters. The number of aryl methyl sites for hydroxylation is 1. The van der Waals surface area contributed by atoms with Crippen LogP contribution in [0.15, 0.2) is 10.8 Å². The summed E-state index contributed by atoms with van der Waals surface area (Å²) >= 11 is 0. The lowest BCUT2D eigenvalue weighted by Gasteiger charge is -2.10. The van der Waals surface area contributed by atoms with Crippen LogP contribution < -0.4 is 11.1 Å². The van der Waals surface area contributed by atoms with E-state index in [2.05, 4.69) is 10.3 Å². The van der Waals surface area contributed by atoms with E-state index in [4.69, 9.17) is 10.2 Å². The number of carbonyl (C=O) groups excluding carboxylic acids is 1. The van der Waals surface area contributed by atoms with E-state index in [0.717, 1.165) is 0 Å². The third-order valence-corrected chi connectivity index (χ3v) is 2.68. The Balaban J connectivity index is 0.00000128. The summed E-state index contributed by atoms with van der Waals surface area (Å²) in [6.45, 7) is 2.24. The fraction of sp³-hybridized carbons (Fsp3) is 0.600. The first kappa shape index (κ1) is 16.2. The van der Waals surface area contributed by atoms with E-state index < -0.39 is 0 Å². The second kappa shape index (κ2) is 6.83. The van der Waals surface area contributed by atoms with Crippen molar-refractivity contribution >= 4 is 30.7 Å². The van der Waals surface area contributed by atoms with Crippen molar-refractivity contribution < 1.29 is 9.21 Å². The van der Waals surface area contributed by atoms with Gasteiger partial charge in [-0.15, -0.1) is 24.8 Å². The maximum absolute atomic E-state index is 11.6. The summed E-state index contributed by atoms with van der Waals surface area (Å²) in [6, 6.07) is 0.0668. The molecule has 3 N–H and O–H groups in total.